The van der Waals surface area contributed by atoms with Crippen molar-refractivity contribution in [3.05, 3.63) is 84.3 Å². The third kappa shape index (κ3) is 2.77. The van der Waals surface area contributed by atoms with E-state index in [0.29, 0.717) is 0 Å². The minimum absolute atomic E-state index is 0.470. The fraction of sp³-hybridized carbons (Fsp3) is 0.0588. The molecule has 3 rings (SSSR count). The molecule has 0 amide bonds. The molecule has 0 bridgehead atoms. The van der Waals surface area contributed by atoms with E-state index in [9.17, 15) is 0 Å². The topological polar surface area (TPSA) is 12.0 Å². The number of rotatable bonds is 3. The highest BCUT2D eigenvalue weighted by atomic mass is 31.1. The molecule has 0 aliphatic carbocycles. The molecule has 1 nitrogen and oxygen atoms in total. The highest BCUT2D eigenvalue weighted by molar-refractivity contribution is 7.76. The monoisotopic (exact) mass is 265 g/mol. The third-order valence-electron chi connectivity index (χ3n) is 3.06. The van der Waals surface area contributed by atoms with Gasteiger partial charge in [0.1, 0.15) is 0 Å². The van der Waals surface area contributed by atoms with E-state index in [-0.39, 0.29) is 0 Å². The van der Waals surface area contributed by atoms with Gasteiger partial charge in [0.15, 0.2) is 0 Å². The van der Waals surface area contributed by atoms with Crippen molar-refractivity contribution in [1.82, 2.24) is 5.32 Å². The van der Waals surface area contributed by atoms with Crippen molar-refractivity contribution in [1.29, 1.82) is 0 Å². The number of allylic oxidation sites excluding steroid dienone is 2. The van der Waals surface area contributed by atoms with E-state index in [4.69, 9.17) is 0 Å². The number of hydrogen-bond acceptors (Lipinski definition) is 1. The van der Waals surface area contributed by atoms with Crippen LogP contribution in [0.1, 0.15) is 0 Å². The smallest absolute Gasteiger partial charge is 0.0437 e. The summed E-state index contributed by atoms with van der Waals surface area (Å²) < 4.78 is 0. The van der Waals surface area contributed by atoms with E-state index < -0.39 is 7.92 Å². The Morgan fingerprint density at radius 1 is 0.789 bits per heavy atom. The molecule has 0 atom stereocenters. The second-order valence-corrected chi connectivity index (χ2v) is 6.55. The summed E-state index contributed by atoms with van der Waals surface area (Å²) >= 11 is 0. The molecule has 1 N–H and O–H groups in total. The molecule has 0 saturated heterocycles. The number of hydrogen-bond donors (Lipinski definition) is 1. The SMILES string of the molecule is C1=CCNC(P(c2ccccc2)c2ccccc2)=C1. The lowest BCUT2D eigenvalue weighted by Crippen LogP contribution is -2.22. The Labute approximate surface area is 115 Å². The van der Waals surface area contributed by atoms with Gasteiger partial charge in [0, 0.05) is 19.9 Å². The lowest BCUT2D eigenvalue weighted by molar-refractivity contribution is 0.951. The highest BCUT2D eigenvalue weighted by Crippen LogP contribution is 2.41. The zero-order chi connectivity index (χ0) is 12.9. The van der Waals surface area contributed by atoms with E-state index >= 15 is 0 Å². The normalized spacial score (nSPS) is 14.1. The number of nitrogens with one attached hydrogen (secondary N) is 1. The Morgan fingerprint density at radius 2 is 1.37 bits per heavy atom. The maximum absolute atomic E-state index is 3.52. The largest absolute Gasteiger partial charge is 0.381 e. The maximum Gasteiger partial charge on any atom is 0.0437 e. The Bertz CT molecular complexity index is 548. The molecular formula is C17H16NP. The van der Waals surface area contributed by atoms with E-state index in [1.54, 1.807) is 0 Å². The van der Waals surface area contributed by atoms with Gasteiger partial charge in [-0.15, -0.1) is 0 Å². The Balaban J connectivity index is 2.06. The molecule has 0 saturated carbocycles. The summed E-state index contributed by atoms with van der Waals surface area (Å²) in [6.07, 6.45) is 6.50. The van der Waals surface area contributed by atoms with Gasteiger partial charge >= 0.3 is 0 Å². The minimum Gasteiger partial charge on any atom is -0.381 e. The van der Waals surface area contributed by atoms with Gasteiger partial charge in [-0.05, 0) is 16.7 Å². The van der Waals surface area contributed by atoms with Gasteiger partial charge < -0.3 is 5.32 Å². The molecule has 94 valence electrons. The molecule has 1 aliphatic rings. The molecule has 0 radical (unpaired) electrons. The first-order chi connectivity index (χ1) is 9.45. The van der Waals surface area contributed by atoms with Gasteiger partial charge in [-0.3, -0.25) is 0 Å². The Hall–Kier alpha value is -1.85. The van der Waals surface area contributed by atoms with Crippen molar-refractivity contribution in [3.8, 4) is 0 Å². The summed E-state index contributed by atoms with van der Waals surface area (Å²) in [6, 6.07) is 21.5. The fourth-order valence-corrected chi connectivity index (χ4v) is 4.46. The van der Waals surface area contributed by atoms with Crippen molar-refractivity contribution in [2.75, 3.05) is 6.54 Å². The van der Waals surface area contributed by atoms with Crippen LogP contribution in [0, 0.1) is 0 Å². The van der Waals surface area contributed by atoms with Crippen LogP contribution in [0.3, 0.4) is 0 Å². The van der Waals surface area contributed by atoms with Crippen LogP contribution >= 0.6 is 7.92 Å². The molecule has 2 heteroatoms. The van der Waals surface area contributed by atoms with Gasteiger partial charge in [-0.2, -0.15) is 0 Å². The second-order valence-electron chi connectivity index (χ2n) is 4.37. The lowest BCUT2D eigenvalue weighted by atomic mass is 10.4. The molecule has 0 spiro atoms. The van der Waals surface area contributed by atoms with Gasteiger partial charge in [0.2, 0.25) is 0 Å². The molecule has 1 heterocycles. The second kappa shape index (κ2) is 5.86. The summed E-state index contributed by atoms with van der Waals surface area (Å²) in [7, 11) is -0.470. The van der Waals surface area contributed by atoms with Gasteiger partial charge in [-0.1, -0.05) is 72.8 Å². The maximum atomic E-state index is 3.52. The zero-order valence-electron chi connectivity index (χ0n) is 10.7. The average Bonchev–Trinajstić information content (AvgIpc) is 2.51. The van der Waals surface area contributed by atoms with Crippen LogP contribution in [-0.2, 0) is 0 Å². The summed E-state index contributed by atoms with van der Waals surface area (Å²) in [4.78, 5) is 0. The molecule has 1 aliphatic heterocycles. The average molecular weight is 265 g/mol. The van der Waals surface area contributed by atoms with Crippen LogP contribution in [-0.4, -0.2) is 6.54 Å². The molecular weight excluding hydrogens is 249 g/mol. The lowest BCUT2D eigenvalue weighted by Gasteiger charge is -2.24. The zero-order valence-corrected chi connectivity index (χ0v) is 11.6. The fourth-order valence-electron chi connectivity index (χ4n) is 2.18. The van der Waals surface area contributed by atoms with Crippen LogP contribution in [0.15, 0.2) is 84.3 Å². The summed E-state index contributed by atoms with van der Waals surface area (Å²) in [5, 5.41) is 6.29. The molecule has 0 unspecified atom stereocenters. The molecule has 0 aromatic heterocycles. The van der Waals surface area contributed by atoms with Gasteiger partial charge in [0.25, 0.3) is 0 Å². The molecule has 0 fully saturated rings. The van der Waals surface area contributed by atoms with E-state index in [1.165, 1.54) is 16.0 Å². The van der Waals surface area contributed by atoms with Crippen LogP contribution in [0.2, 0.25) is 0 Å². The first-order valence-corrected chi connectivity index (χ1v) is 7.80. The van der Waals surface area contributed by atoms with Crippen LogP contribution < -0.4 is 15.9 Å². The van der Waals surface area contributed by atoms with E-state index in [2.05, 4.69) is 84.2 Å². The quantitative estimate of drug-likeness (QED) is 0.841. The molecule has 19 heavy (non-hydrogen) atoms. The van der Waals surface area contributed by atoms with Crippen molar-refractivity contribution in [3.63, 3.8) is 0 Å². The standard InChI is InChI=1S/C17H16NP/c1-3-9-15(10-4-1)19(16-11-5-2-6-12-16)17-13-7-8-14-18-17/h1-13,18H,14H2. The molecule has 2 aromatic carbocycles. The molecule has 2 aromatic rings. The van der Waals surface area contributed by atoms with Gasteiger partial charge in [-0.25, -0.2) is 0 Å². The van der Waals surface area contributed by atoms with Crippen molar-refractivity contribution in [2.24, 2.45) is 0 Å². The first-order valence-electron chi connectivity index (χ1n) is 6.46. The minimum atomic E-state index is -0.470. The van der Waals surface area contributed by atoms with Crippen molar-refractivity contribution >= 4 is 18.5 Å². The summed E-state index contributed by atoms with van der Waals surface area (Å²) in [6.45, 7) is 0.921. The van der Waals surface area contributed by atoms with E-state index in [1.807, 2.05) is 0 Å². The number of benzene rings is 2. The predicted octanol–water partition coefficient (Wildman–Crippen LogP) is 3.12. The van der Waals surface area contributed by atoms with Crippen molar-refractivity contribution in [2.45, 2.75) is 0 Å². The highest BCUT2D eigenvalue weighted by Gasteiger charge is 2.18. The number of dihydropyridines is 1. The van der Waals surface area contributed by atoms with Crippen molar-refractivity contribution < 1.29 is 0 Å². The predicted molar refractivity (Wildman–Crippen MR) is 84.3 cm³/mol. The van der Waals surface area contributed by atoms with Gasteiger partial charge in [0.05, 0.1) is 0 Å². The first kappa shape index (κ1) is 12.2. The van der Waals surface area contributed by atoms with Crippen LogP contribution in [0.5, 0.6) is 0 Å². The third-order valence-corrected chi connectivity index (χ3v) is 5.48. The summed E-state index contributed by atoms with van der Waals surface area (Å²) in [5.41, 5.74) is 1.33. The summed E-state index contributed by atoms with van der Waals surface area (Å²) in [5.74, 6) is 0. The Kier molecular flexibility index (Phi) is 3.76. The van der Waals surface area contributed by atoms with Crippen LogP contribution in [0.4, 0.5) is 0 Å². The Morgan fingerprint density at radius 3 is 1.84 bits per heavy atom. The van der Waals surface area contributed by atoms with E-state index in [0.717, 1.165) is 6.54 Å². The van der Waals surface area contributed by atoms with Crippen LogP contribution in [0.25, 0.3) is 0 Å².